The molecule has 2 nitrogen and oxygen atoms in total. The molecule has 2 heteroatoms. The molecule has 0 aromatic heterocycles. The number of rotatable bonds is 1. The van der Waals surface area contributed by atoms with Gasteiger partial charge in [0.25, 0.3) is 0 Å². The average Bonchev–Trinajstić information content (AvgIpc) is 2.46. The van der Waals surface area contributed by atoms with Crippen LogP contribution < -0.4 is 0 Å². The van der Waals surface area contributed by atoms with Gasteiger partial charge in [0, 0.05) is 0 Å². The Morgan fingerprint density at radius 2 is 1.04 bits per heavy atom. The minimum Gasteiger partial charge on any atom is -0.478 e. The summed E-state index contributed by atoms with van der Waals surface area (Å²) in [6, 6.07) is 15.8. The normalized spacial score (nSPS) is 11.5. The molecule has 130 valence electrons. The van der Waals surface area contributed by atoms with Crippen LogP contribution in [0, 0.1) is 6.92 Å². The van der Waals surface area contributed by atoms with Gasteiger partial charge >= 0.3 is 5.97 Å². The van der Waals surface area contributed by atoms with E-state index in [1.54, 1.807) is 12.1 Å². The summed E-state index contributed by atoms with van der Waals surface area (Å²) < 4.78 is 0. The van der Waals surface area contributed by atoms with Crippen LogP contribution in [0.15, 0.2) is 48.5 Å². The van der Waals surface area contributed by atoms with Crippen molar-refractivity contribution in [3.05, 3.63) is 70.8 Å². The van der Waals surface area contributed by atoms with Gasteiger partial charge < -0.3 is 5.11 Å². The Morgan fingerprint density at radius 3 is 1.33 bits per heavy atom. The Balaban J connectivity index is 0.000000243. The highest BCUT2D eigenvalue weighted by Crippen LogP contribution is 2.22. The molecule has 0 spiro atoms. The lowest BCUT2D eigenvalue weighted by molar-refractivity contribution is 0.0697. The summed E-state index contributed by atoms with van der Waals surface area (Å²) in [6.45, 7) is 15.1. The molecule has 0 fully saturated rings. The van der Waals surface area contributed by atoms with E-state index >= 15 is 0 Å². The van der Waals surface area contributed by atoms with E-state index in [9.17, 15) is 4.79 Å². The molecule has 0 aliphatic heterocycles. The third kappa shape index (κ3) is 6.19. The summed E-state index contributed by atoms with van der Waals surface area (Å²) in [6.07, 6.45) is 0. The number of aromatic carboxylic acids is 1. The van der Waals surface area contributed by atoms with Crippen LogP contribution in [0.5, 0.6) is 0 Å². The summed E-state index contributed by atoms with van der Waals surface area (Å²) in [5.41, 5.74) is 4.59. The topological polar surface area (TPSA) is 37.3 Å². The van der Waals surface area contributed by atoms with Crippen molar-refractivity contribution in [3.8, 4) is 0 Å². The Hall–Kier alpha value is -2.09. The first-order valence-corrected chi connectivity index (χ1v) is 8.32. The van der Waals surface area contributed by atoms with Crippen molar-refractivity contribution < 1.29 is 9.90 Å². The number of benzene rings is 2. The molecule has 2 aromatic carbocycles. The van der Waals surface area contributed by atoms with Crippen molar-refractivity contribution >= 4 is 5.97 Å². The lowest BCUT2D eigenvalue weighted by Crippen LogP contribution is -2.11. The minimum atomic E-state index is -0.875. The van der Waals surface area contributed by atoms with E-state index in [1.807, 2.05) is 12.1 Å². The first-order valence-electron chi connectivity index (χ1n) is 8.32. The molecule has 2 rings (SSSR count). The number of carboxylic acid groups (broad SMARTS) is 1. The van der Waals surface area contributed by atoms with Crippen molar-refractivity contribution in [1.29, 1.82) is 0 Å². The van der Waals surface area contributed by atoms with Crippen molar-refractivity contribution in [2.24, 2.45) is 0 Å². The van der Waals surface area contributed by atoms with Crippen LogP contribution in [0.4, 0.5) is 0 Å². The lowest BCUT2D eigenvalue weighted by Gasteiger charge is -2.18. The standard InChI is InChI=1S/C11H14O2.C11H16/c1-11(2,3)9-6-4-8(5-7-9)10(12)13;1-9-5-7-10(8-6-9)11(2,3)4/h4-7H,1-3H3,(H,12,13);5-8H,1-4H3. The first kappa shape index (κ1) is 20.0. The van der Waals surface area contributed by atoms with Crippen LogP contribution in [-0.4, -0.2) is 11.1 Å². The average molecular weight is 326 g/mol. The maximum Gasteiger partial charge on any atom is 0.335 e. The van der Waals surface area contributed by atoms with Crippen LogP contribution in [0.1, 0.15) is 68.6 Å². The number of hydrogen-bond acceptors (Lipinski definition) is 1. The highest BCUT2D eigenvalue weighted by atomic mass is 16.4. The quantitative estimate of drug-likeness (QED) is 0.700. The number of aryl methyl sites for hydroxylation is 1. The molecule has 0 aliphatic rings. The van der Waals surface area contributed by atoms with Gasteiger partial charge in [0.2, 0.25) is 0 Å². The summed E-state index contributed by atoms with van der Waals surface area (Å²) in [5.74, 6) is -0.875. The molecule has 0 radical (unpaired) electrons. The predicted octanol–water partition coefficient (Wildman–Crippen LogP) is 5.97. The fraction of sp³-hybridized carbons (Fsp3) is 0.409. The molecule has 0 saturated carbocycles. The zero-order valence-electron chi connectivity index (χ0n) is 16.0. The zero-order valence-corrected chi connectivity index (χ0v) is 16.0. The third-order valence-corrected chi connectivity index (χ3v) is 3.92. The Labute approximate surface area is 146 Å². The summed E-state index contributed by atoms with van der Waals surface area (Å²) in [4.78, 5) is 10.6. The van der Waals surface area contributed by atoms with Gasteiger partial charge in [-0.1, -0.05) is 83.5 Å². The second-order valence-electron chi connectivity index (χ2n) is 8.25. The predicted molar refractivity (Wildman–Crippen MR) is 102 cm³/mol. The van der Waals surface area contributed by atoms with Gasteiger partial charge in [-0.2, -0.15) is 0 Å². The first-order chi connectivity index (χ1) is 10.9. The van der Waals surface area contributed by atoms with E-state index in [1.165, 1.54) is 11.1 Å². The Morgan fingerprint density at radius 1 is 0.708 bits per heavy atom. The summed E-state index contributed by atoms with van der Waals surface area (Å²) >= 11 is 0. The van der Waals surface area contributed by atoms with Gasteiger partial charge in [-0.25, -0.2) is 4.79 Å². The highest BCUT2D eigenvalue weighted by molar-refractivity contribution is 5.87. The van der Waals surface area contributed by atoms with E-state index in [4.69, 9.17) is 5.11 Å². The summed E-state index contributed by atoms with van der Waals surface area (Å²) in [5, 5.41) is 8.68. The monoisotopic (exact) mass is 326 g/mol. The van der Waals surface area contributed by atoms with E-state index in [0.29, 0.717) is 5.56 Å². The Kier molecular flexibility index (Phi) is 6.36. The van der Waals surface area contributed by atoms with Gasteiger partial charge in [0.05, 0.1) is 5.56 Å². The fourth-order valence-electron chi connectivity index (χ4n) is 2.17. The SMILES string of the molecule is CC(C)(C)c1ccc(C(=O)O)cc1.Cc1ccc(C(C)(C)C)cc1. The molecule has 0 atom stereocenters. The van der Waals surface area contributed by atoms with E-state index < -0.39 is 5.97 Å². The largest absolute Gasteiger partial charge is 0.478 e. The molecule has 0 heterocycles. The van der Waals surface area contributed by atoms with Gasteiger partial charge in [-0.15, -0.1) is 0 Å². The van der Waals surface area contributed by atoms with Gasteiger partial charge in [0.1, 0.15) is 0 Å². The van der Waals surface area contributed by atoms with E-state index in [2.05, 4.69) is 72.7 Å². The molecular weight excluding hydrogens is 296 g/mol. The van der Waals surface area contributed by atoms with Crippen molar-refractivity contribution in [3.63, 3.8) is 0 Å². The maximum atomic E-state index is 10.6. The lowest BCUT2D eigenvalue weighted by atomic mass is 9.87. The van der Waals surface area contributed by atoms with Crippen molar-refractivity contribution in [2.75, 3.05) is 0 Å². The summed E-state index contributed by atoms with van der Waals surface area (Å²) in [7, 11) is 0. The van der Waals surface area contributed by atoms with Gasteiger partial charge in [-0.05, 0) is 41.0 Å². The van der Waals surface area contributed by atoms with Crippen LogP contribution in [0.25, 0.3) is 0 Å². The molecule has 2 aromatic rings. The fourth-order valence-corrected chi connectivity index (χ4v) is 2.17. The van der Waals surface area contributed by atoms with Crippen LogP contribution in [-0.2, 0) is 10.8 Å². The van der Waals surface area contributed by atoms with E-state index in [0.717, 1.165) is 5.56 Å². The molecule has 0 aliphatic carbocycles. The van der Waals surface area contributed by atoms with Crippen molar-refractivity contribution in [2.45, 2.75) is 59.3 Å². The van der Waals surface area contributed by atoms with Crippen LogP contribution >= 0.6 is 0 Å². The minimum absolute atomic E-state index is 0.0804. The Bertz CT molecular complexity index is 651. The molecule has 0 saturated heterocycles. The second kappa shape index (κ2) is 7.65. The number of hydrogen-bond donors (Lipinski definition) is 1. The molecule has 0 bridgehead atoms. The maximum absolute atomic E-state index is 10.6. The molecular formula is C22H30O2. The molecule has 24 heavy (non-hydrogen) atoms. The smallest absolute Gasteiger partial charge is 0.335 e. The molecule has 0 amide bonds. The molecule has 1 N–H and O–H groups in total. The second-order valence-corrected chi connectivity index (χ2v) is 8.25. The van der Waals surface area contributed by atoms with E-state index in [-0.39, 0.29) is 10.8 Å². The number of carbonyl (C=O) groups is 1. The molecule has 0 unspecified atom stereocenters. The van der Waals surface area contributed by atoms with Crippen LogP contribution in [0.3, 0.4) is 0 Å². The highest BCUT2D eigenvalue weighted by Gasteiger charge is 2.13. The van der Waals surface area contributed by atoms with Gasteiger partial charge in [-0.3, -0.25) is 0 Å². The van der Waals surface area contributed by atoms with Crippen molar-refractivity contribution in [1.82, 2.24) is 0 Å². The van der Waals surface area contributed by atoms with Gasteiger partial charge in [0.15, 0.2) is 0 Å². The third-order valence-electron chi connectivity index (χ3n) is 3.92. The zero-order chi connectivity index (χ0) is 18.5. The van der Waals surface area contributed by atoms with Crippen LogP contribution in [0.2, 0.25) is 0 Å². The number of carboxylic acids is 1.